The summed E-state index contributed by atoms with van der Waals surface area (Å²) in [7, 11) is -8.01. The number of hydrogen-bond donors (Lipinski definition) is 3. The van der Waals surface area contributed by atoms with Crippen LogP contribution in [0.5, 0.6) is 0 Å². The zero-order valence-corrected chi connectivity index (χ0v) is 17.0. The summed E-state index contributed by atoms with van der Waals surface area (Å²) in [4.78, 5) is 11.8. The molecular weight excluding hydrogens is 430 g/mol. The van der Waals surface area contributed by atoms with Crippen molar-refractivity contribution in [2.75, 3.05) is 6.61 Å². The van der Waals surface area contributed by atoms with Crippen molar-refractivity contribution in [3.8, 4) is 11.1 Å². The summed E-state index contributed by atoms with van der Waals surface area (Å²) in [6.07, 6.45) is 0. The van der Waals surface area contributed by atoms with E-state index in [-0.39, 0.29) is 4.90 Å². The molecule has 0 saturated heterocycles. The second kappa shape index (κ2) is 8.55. The van der Waals surface area contributed by atoms with Crippen LogP contribution in [0.4, 0.5) is 0 Å². The second-order valence-electron chi connectivity index (χ2n) is 5.89. The van der Waals surface area contributed by atoms with Gasteiger partial charge in [0.05, 0.1) is 10.9 Å². The van der Waals surface area contributed by atoms with Crippen LogP contribution in [-0.4, -0.2) is 29.3 Å². The van der Waals surface area contributed by atoms with Gasteiger partial charge in [0.25, 0.3) is 0 Å². The maximum Gasteiger partial charge on any atom is 0.333 e. The quantitative estimate of drug-likeness (QED) is 0.575. The number of benzene rings is 2. The third-order valence-corrected chi connectivity index (χ3v) is 5.26. The molecule has 0 bridgehead atoms. The van der Waals surface area contributed by atoms with Crippen molar-refractivity contribution < 1.29 is 25.8 Å². The first kappa shape index (κ1) is 22.3. The highest BCUT2D eigenvalue weighted by Gasteiger charge is 2.15. The molecule has 28 heavy (non-hydrogen) atoms. The van der Waals surface area contributed by atoms with E-state index in [9.17, 15) is 21.6 Å². The van der Waals surface area contributed by atoms with Crippen LogP contribution < -0.4 is 15.6 Å². The lowest BCUT2D eigenvalue weighted by molar-refractivity contribution is -0.123. The van der Waals surface area contributed by atoms with Gasteiger partial charge in [-0.3, -0.25) is 4.79 Å². The Hall–Kier alpha value is -2.02. The maximum absolute atomic E-state index is 11.8. The third kappa shape index (κ3) is 6.55. The molecule has 2 aromatic carbocycles. The number of nitrogens with two attached hydrogens (primary N) is 2. The standard InChI is InChI=1S/C16H18ClN3O6S2/c1-10(20-16(21)9-26-28(19,24)25)12-6-13(8-14(17)7-12)11-2-4-15(5-3-11)27(18,22)23/h2-8,10H,9H2,1H3,(H,20,21)(H2,18,22,23)(H2,19,24,25)/t10-/m1/s1. The predicted octanol–water partition coefficient (Wildman–Crippen LogP) is 1.05. The van der Waals surface area contributed by atoms with E-state index in [0.717, 1.165) is 0 Å². The van der Waals surface area contributed by atoms with Gasteiger partial charge in [0, 0.05) is 5.02 Å². The van der Waals surface area contributed by atoms with Gasteiger partial charge in [0.15, 0.2) is 0 Å². The molecule has 0 spiro atoms. The fourth-order valence-corrected chi connectivity index (χ4v) is 3.40. The zero-order valence-electron chi connectivity index (χ0n) is 14.6. The number of primary sulfonamides is 1. The van der Waals surface area contributed by atoms with E-state index in [1.807, 2.05) is 0 Å². The third-order valence-electron chi connectivity index (χ3n) is 3.67. The smallest absolute Gasteiger partial charge is 0.333 e. The Kier molecular flexibility index (Phi) is 6.80. The van der Waals surface area contributed by atoms with Gasteiger partial charge in [-0.15, -0.1) is 0 Å². The summed E-state index contributed by atoms with van der Waals surface area (Å²) < 4.78 is 48.4. The Labute approximate surface area is 167 Å². The second-order valence-corrected chi connectivity index (χ2v) is 9.11. The molecule has 5 N–H and O–H groups in total. The molecular formula is C16H18ClN3O6S2. The fourth-order valence-electron chi connectivity index (χ4n) is 2.37. The summed E-state index contributed by atoms with van der Waals surface area (Å²) in [6.45, 7) is 0.931. The number of nitrogens with one attached hydrogen (secondary N) is 1. The van der Waals surface area contributed by atoms with Crippen molar-refractivity contribution in [3.05, 3.63) is 53.1 Å². The van der Waals surface area contributed by atoms with E-state index in [2.05, 4.69) is 14.6 Å². The SMILES string of the molecule is C[C@@H](NC(=O)COS(N)(=O)=O)c1cc(Cl)cc(-c2ccc(S(N)(=O)=O)cc2)c1. The van der Waals surface area contributed by atoms with Crippen LogP contribution in [0.2, 0.25) is 5.02 Å². The van der Waals surface area contributed by atoms with E-state index < -0.39 is 38.9 Å². The summed E-state index contributed by atoms with van der Waals surface area (Å²) in [5.41, 5.74) is 2.01. The molecule has 0 aliphatic heterocycles. The monoisotopic (exact) mass is 447 g/mol. The Bertz CT molecular complexity index is 1090. The van der Waals surface area contributed by atoms with Gasteiger partial charge in [-0.25, -0.2) is 22.9 Å². The van der Waals surface area contributed by atoms with Crippen molar-refractivity contribution in [1.29, 1.82) is 0 Å². The fraction of sp³-hybridized carbons (Fsp3) is 0.188. The summed E-state index contributed by atoms with van der Waals surface area (Å²) in [6, 6.07) is 10.5. The highest BCUT2D eigenvalue weighted by atomic mass is 35.5. The lowest BCUT2D eigenvalue weighted by Crippen LogP contribution is -2.32. The highest BCUT2D eigenvalue weighted by molar-refractivity contribution is 7.89. The van der Waals surface area contributed by atoms with Crippen LogP contribution in [0.1, 0.15) is 18.5 Å². The molecule has 152 valence electrons. The number of carbonyl (C=O) groups excluding carboxylic acids is 1. The molecule has 0 fully saturated rings. The van der Waals surface area contributed by atoms with E-state index in [0.29, 0.717) is 21.7 Å². The number of hydrogen-bond acceptors (Lipinski definition) is 6. The lowest BCUT2D eigenvalue weighted by atomic mass is 10.00. The van der Waals surface area contributed by atoms with E-state index >= 15 is 0 Å². The lowest BCUT2D eigenvalue weighted by Gasteiger charge is -2.16. The molecule has 0 radical (unpaired) electrons. The maximum atomic E-state index is 11.8. The molecule has 2 aromatic rings. The van der Waals surface area contributed by atoms with Crippen molar-refractivity contribution in [2.24, 2.45) is 10.3 Å². The number of halogens is 1. The van der Waals surface area contributed by atoms with Gasteiger partial charge >= 0.3 is 10.3 Å². The molecule has 0 aliphatic rings. The van der Waals surface area contributed by atoms with Gasteiger partial charge < -0.3 is 5.32 Å². The molecule has 0 aliphatic carbocycles. The van der Waals surface area contributed by atoms with Crippen molar-refractivity contribution in [2.45, 2.75) is 17.9 Å². The van der Waals surface area contributed by atoms with Gasteiger partial charge in [0.2, 0.25) is 15.9 Å². The van der Waals surface area contributed by atoms with Gasteiger partial charge in [0.1, 0.15) is 6.61 Å². The van der Waals surface area contributed by atoms with Gasteiger partial charge in [-0.05, 0) is 53.9 Å². The average molecular weight is 448 g/mol. The normalized spacial score (nSPS) is 13.1. The van der Waals surface area contributed by atoms with Crippen LogP contribution in [0.15, 0.2) is 47.4 Å². The van der Waals surface area contributed by atoms with Gasteiger partial charge in [-0.2, -0.15) is 8.42 Å². The van der Waals surface area contributed by atoms with Gasteiger partial charge in [-0.1, -0.05) is 23.7 Å². The van der Waals surface area contributed by atoms with Crippen molar-refractivity contribution in [1.82, 2.24) is 5.32 Å². The first-order valence-electron chi connectivity index (χ1n) is 7.75. The van der Waals surface area contributed by atoms with Crippen LogP contribution in [0.25, 0.3) is 11.1 Å². The largest absolute Gasteiger partial charge is 0.348 e. The topological polar surface area (TPSA) is 159 Å². The van der Waals surface area contributed by atoms with Crippen LogP contribution in [0.3, 0.4) is 0 Å². The molecule has 12 heteroatoms. The van der Waals surface area contributed by atoms with E-state index in [1.54, 1.807) is 37.3 Å². The molecule has 0 aromatic heterocycles. The first-order valence-corrected chi connectivity index (χ1v) is 11.1. The van der Waals surface area contributed by atoms with Crippen LogP contribution >= 0.6 is 11.6 Å². The van der Waals surface area contributed by atoms with E-state index in [1.165, 1.54) is 12.1 Å². The number of sulfonamides is 1. The molecule has 1 amide bonds. The molecule has 9 nitrogen and oxygen atoms in total. The summed E-state index contributed by atoms with van der Waals surface area (Å²) >= 11 is 6.16. The number of amides is 1. The Morgan fingerprint density at radius 1 is 1.07 bits per heavy atom. The molecule has 0 saturated carbocycles. The predicted molar refractivity (Wildman–Crippen MR) is 104 cm³/mol. The first-order chi connectivity index (χ1) is 12.8. The molecule has 2 rings (SSSR count). The zero-order chi connectivity index (χ0) is 21.1. The summed E-state index contributed by atoms with van der Waals surface area (Å²) in [5, 5.41) is 12.7. The molecule has 1 atom stereocenters. The Morgan fingerprint density at radius 3 is 2.21 bits per heavy atom. The molecule has 0 unspecified atom stereocenters. The number of carbonyl (C=O) groups is 1. The minimum atomic E-state index is -4.22. The average Bonchev–Trinajstić information content (AvgIpc) is 2.58. The highest BCUT2D eigenvalue weighted by Crippen LogP contribution is 2.28. The summed E-state index contributed by atoms with van der Waals surface area (Å²) in [5.74, 6) is -0.680. The number of rotatable bonds is 7. The van der Waals surface area contributed by atoms with Crippen LogP contribution in [-0.2, 0) is 29.3 Å². The molecule has 0 heterocycles. The Morgan fingerprint density at radius 2 is 1.68 bits per heavy atom. The Balaban J connectivity index is 2.21. The van der Waals surface area contributed by atoms with Crippen molar-refractivity contribution in [3.63, 3.8) is 0 Å². The van der Waals surface area contributed by atoms with Crippen molar-refractivity contribution >= 4 is 37.8 Å². The minimum Gasteiger partial charge on any atom is -0.348 e. The van der Waals surface area contributed by atoms with Crippen LogP contribution in [0, 0.1) is 0 Å². The van der Waals surface area contributed by atoms with E-state index in [4.69, 9.17) is 16.7 Å². The minimum absolute atomic E-state index is 0.0195.